The average molecular weight is 400 g/mol. The molecule has 0 radical (unpaired) electrons. The molecule has 0 spiro atoms. The molecule has 128 valence electrons. The number of anilines is 1. The van der Waals surface area contributed by atoms with E-state index in [4.69, 9.17) is 4.74 Å². The van der Waals surface area contributed by atoms with Gasteiger partial charge in [-0.2, -0.15) is 0 Å². The van der Waals surface area contributed by atoms with Crippen LogP contribution >= 0.6 is 15.9 Å². The number of ether oxygens (including phenoxy) is 1. The van der Waals surface area contributed by atoms with Crippen LogP contribution in [-0.2, 0) is 13.2 Å². The van der Waals surface area contributed by atoms with Gasteiger partial charge in [-0.15, -0.1) is 0 Å². The molecule has 0 aliphatic carbocycles. The number of benzene rings is 3. The minimum Gasteiger partial charge on any atom is -0.489 e. The Morgan fingerprint density at radius 3 is 2.52 bits per heavy atom. The van der Waals surface area contributed by atoms with Gasteiger partial charge in [-0.1, -0.05) is 46.3 Å². The Balaban J connectivity index is 1.71. The van der Waals surface area contributed by atoms with E-state index < -0.39 is 0 Å². The van der Waals surface area contributed by atoms with E-state index in [9.17, 15) is 4.39 Å². The number of rotatable bonds is 6. The van der Waals surface area contributed by atoms with E-state index in [1.165, 1.54) is 17.7 Å². The third-order valence-corrected chi connectivity index (χ3v) is 4.44. The molecule has 3 aromatic carbocycles. The Morgan fingerprint density at radius 1 is 1.00 bits per heavy atom. The summed E-state index contributed by atoms with van der Waals surface area (Å²) in [5.74, 6) is 0.573. The second-order valence-electron chi connectivity index (χ2n) is 5.84. The van der Waals surface area contributed by atoms with Gasteiger partial charge in [0.25, 0.3) is 0 Å². The summed E-state index contributed by atoms with van der Waals surface area (Å²) < 4.78 is 20.0. The molecule has 4 heteroatoms. The lowest BCUT2D eigenvalue weighted by Crippen LogP contribution is -2.04. The van der Waals surface area contributed by atoms with Gasteiger partial charge in [0.1, 0.15) is 18.2 Å². The first-order valence-corrected chi connectivity index (χ1v) is 8.86. The molecule has 0 fully saturated rings. The Labute approximate surface area is 155 Å². The van der Waals surface area contributed by atoms with Crippen molar-refractivity contribution in [2.45, 2.75) is 20.1 Å². The first kappa shape index (κ1) is 17.5. The van der Waals surface area contributed by atoms with Crippen LogP contribution in [-0.4, -0.2) is 0 Å². The molecule has 0 unspecified atom stereocenters. The van der Waals surface area contributed by atoms with Crippen molar-refractivity contribution in [3.63, 3.8) is 0 Å². The lowest BCUT2D eigenvalue weighted by atomic mass is 10.1. The summed E-state index contributed by atoms with van der Waals surface area (Å²) >= 11 is 3.52. The topological polar surface area (TPSA) is 21.3 Å². The minimum absolute atomic E-state index is 0.240. The number of hydrogen-bond donors (Lipinski definition) is 1. The number of aryl methyl sites for hydroxylation is 1. The molecule has 3 aromatic rings. The smallest absolute Gasteiger partial charge is 0.124 e. The van der Waals surface area contributed by atoms with Crippen LogP contribution in [0.5, 0.6) is 5.75 Å². The van der Waals surface area contributed by atoms with Crippen LogP contribution in [0, 0.1) is 12.7 Å². The van der Waals surface area contributed by atoms with Crippen molar-refractivity contribution in [2.75, 3.05) is 5.32 Å². The SMILES string of the molecule is Cc1ccccc1NCc1cc(Br)ccc1OCc1ccc(F)cc1. The summed E-state index contributed by atoms with van der Waals surface area (Å²) in [6, 6.07) is 20.5. The van der Waals surface area contributed by atoms with Gasteiger partial charge in [-0.05, 0) is 54.4 Å². The van der Waals surface area contributed by atoms with Crippen LogP contribution < -0.4 is 10.1 Å². The zero-order valence-corrected chi connectivity index (χ0v) is 15.5. The van der Waals surface area contributed by atoms with Gasteiger partial charge in [0, 0.05) is 22.3 Å². The predicted octanol–water partition coefficient (Wildman–Crippen LogP) is 6.09. The Hall–Kier alpha value is -2.33. The molecule has 2 nitrogen and oxygen atoms in total. The monoisotopic (exact) mass is 399 g/mol. The molecule has 0 atom stereocenters. The molecule has 25 heavy (non-hydrogen) atoms. The highest BCUT2D eigenvalue weighted by Gasteiger charge is 2.06. The van der Waals surface area contributed by atoms with Gasteiger partial charge in [0.15, 0.2) is 0 Å². The van der Waals surface area contributed by atoms with E-state index in [-0.39, 0.29) is 5.82 Å². The maximum Gasteiger partial charge on any atom is 0.124 e. The Morgan fingerprint density at radius 2 is 1.76 bits per heavy atom. The van der Waals surface area contributed by atoms with Gasteiger partial charge < -0.3 is 10.1 Å². The lowest BCUT2D eigenvalue weighted by Gasteiger charge is -2.14. The Kier molecular flexibility index (Phi) is 5.71. The van der Waals surface area contributed by atoms with Crippen molar-refractivity contribution in [3.8, 4) is 5.75 Å². The second kappa shape index (κ2) is 8.17. The van der Waals surface area contributed by atoms with E-state index in [1.54, 1.807) is 12.1 Å². The molecule has 0 aliphatic heterocycles. The number of hydrogen-bond acceptors (Lipinski definition) is 2. The molecule has 0 saturated heterocycles. The molecule has 0 saturated carbocycles. The van der Waals surface area contributed by atoms with Gasteiger partial charge in [0.05, 0.1) is 0 Å². The van der Waals surface area contributed by atoms with E-state index in [0.717, 1.165) is 27.0 Å². The van der Waals surface area contributed by atoms with Crippen molar-refractivity contribution in [3.05, 3.63) is 93.7 Å². The normalized spacial score (nSPS) is 10.5. The highest BCUT2D eigenvalue weighted by Crippen LogP contribution is 2.26. The third-order valence-electron chi connectivity index (χ3n) is 3.94. The van der Waals surface area contributed by atoms with Crippen molar-refractivity contribution < 1.29 is 9.13 Å². The maximum absolute atomic E-state index is 13.0. The largest absolute Gasteiger partial charge is 0.489 e. The van der Waals surface area contributed by atoms with Crippen molar-refractivity contribution in [2.24, 2.45) is 0 Å². The van der Waals surface area contributed by atoms with Crippen LogP contribution in [0.3, 0.4) is 0 Å². The molecule has 0 aliphatic rings. The molecule has 0 heterocycles. The fraction of sp³-hybridized carbons (Fsp3) is 0.143. The number of nitrogens with one attached hydrogen (secondary N) is 1. The fourth-order valence-electron chi connectivity index (χ4n) is 2.53. The highest BCUT2D eigenvalue weighted by atomic mass is 79.9. The van der Waals surface area contributed by atoms with Crippen LogP contribution in [0.4, 0.5) is 10.1 Å². The highest BCUT2D eigenvalue weighted by molar-refractivity contribution is 9.10. The zero-order valence-electron chi connectivity index (χ0n) is 13.9. The van der Waals surface area contributed by atoms with Gasteiger partial charge >= 0.3 is 0 Å². The summed E-state index contributed by atoms with van der Waals surface area (Å²) in [5.41, 5.74) is 4.29. The third kappa shape index (κ3) is 4.83. The first-order valence-electron chi connectivity index (χ1n) is 8.07. The van der Waals surface area contributed by atoms with Crippen LogP contribution in [0.1, 0.15) is 16.7 Å². The van der Waals surface area contributed by atoms with Crippen molar-refractivity contribution in [1.29, 1.82) is 0 Å². The molecule has 0 aromatic heterocycles. The van der Waals surface area contributed by atoms with Crippen LogP contribution in [0.25, 0.3) is 0 Å². The average Bonchev–Trinajstić information content (AvgIpc) is 2.61. The van der Waals surface area contributed by atoms with Gasteiger partial charge in [0.2, 0.25) is 0 Å². The number of para-hydroxylation sites is 1. The predicted molar refractivity (Wildman–Crippen MR) is 103 cm³/mol. The van der Waals surface area contributed by atoms with E-state index in [1.807, 2.05) is 30.3 Å². The molecule has 3 rings (SSSR count). The summed E-state index contributed by atoms with van der Waals surface area (Å²) in [6.45, 7) is 3.14. The maximum atomic E-state index is 13.0. The summed E-state index contributed by atoms with van der Waals surface area (Å²) in [7, 11) is 0. The molecular formula is C21H19BrFNO. The fourth-order valence-corrected chi connectivity index (χ4v) is 2.94. The molecule has 0 amide bonds. The van der Waals surface area contributed by atoms with Gasteiger partial charge in [-0.25, -0.2) is 4.39 Å². The quantitative estimate of drug-likeness (QED) is 0.541. The Bertz CT molecular complexity index is 849. The number of halogens is 2. The molecule has 0 bridgehead atoms. The second-order valence-corrected chi connectivity index (χ2v) is 6.75. The minimum atomic E-state index is -0.240. The molecular weight excluding hydrogens is 381 g/mol. The standard InChI is InChI=1S/C21H19BrFNO/c1-15-4-2-3-5-20(15)24-13-17-12-18(22)8-11-21(17)25-14-16-6-9-19(23)10-7-16/h2-12,24H,13-14H2,1H3. The van der Waals surface area contributed by atoms with Gasteiger partial charge in [-0.3, -0.25) is 0 Å². The summed E-state index contributed by atoms with van der Waals surface area (Å²) in [5, 5.41) is 3.45. The van der Waals surface area contributed by atoms with Crippen molar-refractivity contribution >= 4 is 21.6 Å². The van der Waals surface area contributed by atoms with Crippen LogP contribution in [0.15, 0.2) is 71.2 Å². The zero-order chi connectivity index (χ0) is 17.6. The van der Waals surface area contributed by atoms with E-state index >= 15 is 0 Å². The lowest BCUT2D eigenvalue weighted by molar-refractivity contribution is 0.303. The first-order chi connectivity index (χ1) is 12.1. The van der Waals surface area contributed by atoms with E-state index in [2.05, 4.69) is 40.3 Å². The van der Waals surface area contributed by atoms with E-state index in [0.29, 0.717) is 13.2 Å². The summed E-state index contributed by atoms with van der Waals surface area (Å²) in [6.07, 6.45) is 0. The molecule has 1 N–H and O–H groups in total. The summed E-state index contributed by atoms with van der Waals surface area (Å²) in [4.78, 5) is 0. The van der Waals surface area contributed by atoms with Crippen molar-refractivity contribution in [1.82, 2.24) is 0 Å². The van der Waals surface area contributed by atoms with Crippen LogP contribution in [0.2, 0.25) is 0 Å².